The van der Waals surface area contributed by atoms with E-state index in [2.05, 4.69) is 5.32 Å². The molecule has 3 aromatic rings. The number of nitrogens with zero attached hydrogens (tertiary/aromatic N) is 2. The summed E-state index contributed by atoms with van der Waals surface area (Å²) in [4.78, 5) is 24.3. The van der Waals surface area contributed by atoms with Gasteiger partial charge < -0.3 is 10.1 Å². The Morgan fingerprint density at radius 3 is 2.54 bits per heavy atom. The number of para-hydroxylation sites is 2. The Morgan fingerprint density at radius 1 is 1.12 bits per heavy atom. The van der Waals surface area contributed by atoms with E-state index < -0.39 is 0 Å². The van der Waals surface area contributed by atoms with E-state index in [-0.39, 0.29) is 18.0 Å². The molecule has 0 saturated carbocycles. The lowest BCUT2D eigenvalue weighted by molar-refractivity contribution is -0.121. The van der Waals surface area contributed by atoms with Crippen LogP contribution in [-0.4, -0.2) is 28.2 Å². The predicted molar refractivity (Wildman–Crippen MR) is 102 cm³/mol. The van der Waals surface area contributed by atoms with Gasteiger partial charge in [-0.05, 0) is 36.4 Å². The number of ether oxygens (including phenoxy) is 1. The van der Waals surface area contributed by atoms with Gasteiger partial charge in [0.15, 0.2) is 0 Å². The van der Waals surface area contributed by atoms with Gasteiger partial charge in [-0.2, -0.15) is 0 Å². The average Bonchev–Trinajstić information content (AvgIpc) is 2.89. The van der Waals surface area contributed by atoms with Crippen molar-refractivity contribution in [3.63, 3.8) is 0 Å². The zero-order valence-electron chi connectivity index (χ0n) is 14.4. The summed E-state index contributed by atoms with van der Waals surface area (Å²) in [6.07, 6.45) is 0.231. The van der Waals surface area contributed by atoms with Crippen molar-refractivity contribution >= 4 is 28.5 Å². The van der Waals surface area contributed by atoms with Crippen LogP contribution in [0.5, 0.6) is 5.75 Å². The summed E-state index contributed by atoms with van der Waals surface area (Å²) in [5, 5.41) is 3.44. The van der Waals surface area contributed by atoms with Crippen LogP contribution in [0, 0.1) is 0 Å². The summed E-state index contributed by atoms with van der Waals surface area (Å²) in [6, 6.07) is 14.6. The molecular weight excluding hydrogens is 354 g/mol. The minimum absolute atomic E-state index is 0.120. The van der Waals surface area contributed by atoms with E-state index in [1.54, 1.807) is 40.4 Å². The van der Waals surface area contributed by atoms with Gasteiger partial charge in [0.25, 0.3) is 0 Å². The van der Waals surface area contributed by atoms with Crippen LogP contribution in [0.15, 0.2) is 53.3 Å². The zero-order chi connectivity index (χ0) is 18.5. The van der Waals surface area contributed by atoms with Crippen molar-refractivity contribution in [2.75, 3.05) is 13.2 Å². The molecule has 1 N–H and O–H groups in total. The second-order valence-corrected chi connectivity index (χ2v) is 6.32. The van der Waals surface area contributed by atoms with Gasteiger partial charge in [0, 0.05) is 25.0 Å². The zero-order valence-corrected chi connectivity index (χ0v) is 15.2. The highest BCUT2D eigenvalue weighted by molar-refractivity contribution is 6.30. The smallest absolute Gasteiger partial charge is 0.328 e. The first-order chi connectivity index (χ1) is 12.6. The Bertz CT molecular complexity index is 960. The molecule has 136 valence electrons. The lowest BCUT2D eigenvalue weighted by Crippen LogP contribution is -2.30. The second kappa shape index (κ2) is 8.10. The number of imidazole rings is 1. The van der Waals surface area contributed by atoms with Crippen LogP contribution in [0.3, 0.4) is 0 Å². The molecule has 0 saturated heterocycles. The van der Waals surface area contributed by atoms with Crippen molar-refractivity contribution in [3.05, 3.63) is 64.0 Å². The maximum Gasteiger partial charge on any atom is 0.328 e. The first-order valence-corrected chi connectivity index (χ1v) is 8.73. The molecule has 0 spiro atoms. The van der Waals surface area contributed by atoms with Gasteiger partial charge in [-0.1, -0.05) is 23.7 Å². The van der Waals surface area contributed by atoms with Gasteiger partial charge in [0.05, 0.1) is 17.6 Å². The number of aryl methyl sites for hydroxylation is 2. The number of fused-ring (bicyclic) bond motifs is 1. The highest BCUT2D eigenvalue weighted by Gasteiger charge is 2.11. The number of halogens is 1. The maximum atomic E-state index is 12.3. The van der Waals surface area contributed by atoms with Crippen molar-refractivity contribution in [1.82, 2.24) is 14.5 Å². The molecule has 26 heavy (non-hydrogen) atoms. The molecule has 1 amide bonds. The topological polar surface area (TPSA) is 65.3 Å². The van der Waals surface area contributed by atoms with Gasteiger partial charge in [-0.3, -0.25) is 13.9 Å². The molecule has 1 aromatic heterocycles. The SMILES string of the molecule is Cn1c(=O)n(CCC(=O)NCCOc2ccc(Cl)cc2)c2ccccc21. The number of hydrogen-bond donors (Lipinski definition) is 1. The van der Waals surface area contributed by atoms with E-state index in [0.29, 0.717) is 30.5 Å². The number of carbonyl (C=O) groups excluding carboxylic acids is 1. The van der Waals surface area contributed by atoms with Crippen LogP contribution >= 0.6 is 11.6 Å². The molecule has 1 heterocycles. The molecule has 2 aromatic carbocycles. The van der Waals surface area contributed by atoms with Crippen molar-refractivity contribution < 1.29 is 9.53 Å². The number of rotatable bonds is 7. The molecule has 0 atom stereocenters. The fourth-order valence-corrected chi connectivity index (χ4v) is 2.90. The molecule has 0 fully saturated rings. The summed E-state index contributed by atoms with van der Waals surface area (Å²) in [5.41, 5.74) is 1.57. The highest BCUT2D eigenvalue weighted by Crippen LogP contribution is 2.15. The first-order valence-electron chi connectivity index (χ1n) is 8.35. The normalized spacial score (nSPS) is 10.8. The number of carbonyl (C=O) groups is 1. The van der Waals surface area contributed by atoms with E-state index in [4.69, 9.17) is 16.3 Å². The highest BCUT2D eigenvalue weighted by atomic mass is 35.5. The minimum atomic E-state index is -0.121. The standard InChI is InChI=1S/C19H20ClN3O3/c1-22-16-4-2-3-5-17(16)23(19(22)25)12-10-18(24)21-11-13-26-15-8-6-14(20)7-9-15/h2-9H,10-13H2,1H3,(H,21,24). The quantitative estimate of drug-likeness (QED) is 0.647. The van der Waals surface area contributed by atoms with E-state index in [0.717, 1.165) is 11.0 Å². The molecule has 0 bridgehead atoms. The molecule has 6 nitrogen and oxygen atoms in total. The third kappa shape index (κ3) is 4.08. The van der Waals surface area contributed by atoms with Crippen LogP contribution in [0.1, 0.15) is 6.42 Å². The van der Waals surface area contributed by atoms with Gasteiger partial charge in [0.1, 0.15) is 12.4 Å². The molecule has 0 aliphatic carbocycles. The third-order valence-electron chi connectivity index (χ3n) is 4.12. The fourth-order valence-electron chi connectivity index (χ4n) is 2.77. The molecule has 3 rings (SSSR count). The molecule has 0 unspecified atom stereocenters. The van der Waals surface area contributed by atoms with E-state index >= 15 is 0 Å². The average molecular weight is 374 g/mol. The number of aromatic nitrogens is 2. The van der Waals surface area contributed by atoms with Crippen LogP contribution in [0.2, 0.25) is 5.02 Å². The number of amides is 1. The van der Waals surface area contributed by atoms with Crippen LogP contribution in [0.25, 0.3) is 11.0 Å². The third-order valence-corrected chi connectivity index (χ3v) is 4.37. The Labute approximate surface area is 155 Å². The fraction of sp³-hybridized carbons (Fsp3) is 0.263. The maximum absolute atomic E-state index is 12.3. The van der Waals surface area contributed by atoms with Gasteiger partial charge in [-0.15, -0.1) is 0 Å². The van der Waals surface area contributed by atoms with Gasteiger partial charge >= 0.3 is 5.69 Å². The first kappa shape index (κ1) is 18.1. The van der Waals surface area contributed by atoms with E-state index in [9.17, 15) is 9.59 Å². The Morgan fingerprint density at radius 2 is 1.81 bits per heavy atom. The van der Waals surface area contributed by atoms with Crippen LogP contribution in [0.4, 0.5) is 0 Å². The van der Waals surface area contributed by atoms with Crippen molar-refractivity contribution in [1.29, 1.82) is 0 Å². The summed E-state index contributed by atoms with van der Waals surface area (Å²) in [7, 11) is 1.73. The molecule has 0 aliphatic heterocycles. The lowest BCUT2D eigenvalue weighted by atomic mass is 10.3. The Kier molecular flexibility index (Phi) is 5.63. The monoisotopic (exact) mass is 373 g/mol. The summed E-state index contributed by atoms with van der Waals surface area (Å²) >= 11 is 5.81. The number of benzene rings is 2. The molecule has 7 heteroatoms. The summed E-state index contributed by atoms with van der Waals surface area (Å²) in [5.74, 6) is 0.579. The van der Waals surface area contributed by atoms with Gasteiger partial charge in [-0.25, -0.2) is 4.79 Å². The van der Waals surface area contributed by atoms with E-state index in [1.807, 2.05) is 24.3 Å². The lowest BCUT2D eigenvalue weighted by Gasteiger charge is -2.08. The van der Waals surface area contributed by atoms with Crippen molar-refractivity contribution in [2.45, 2.75) is 13.0 Å². The Hall–Kier alpha value is -2.73. The number of hydrogen-bond acceptors (Lipinski definition) is 3. The Balaban J connectivity index is 1.48. The second-order valence-electron chi connectivity index (χ2n) is 5.88. The van der Waals surface area contributed by atoms with E-state index in [1.165, 1.54) is 0 Å². The number of nitrogens with one attached hydrogen (secondary N) is 1. The molecule has 0 radical (unpaired) electrons. The van der Waals surface area contributed by atoms with Crippen LogP contribution in [-0.2, 0) is 18.4 Å². The minimum Gasteiger partial charge on any atom is -0.492 e. The van der Waals surface area contributed by atoms with Crippen molar-refractivity contribution in [3.8, 4) is 5.75 Å². The predicted octanol–water partition coefficient (Wildman–Crippen LogP) is 2.58. The van der Waals surface area contributed by atoms with Gasteiger partial charge in [0.2, 0.25) is 5.91 Å². The van der Waals surface area contributed by atoms with Crippen molar-refractivity contribution in [2.24, 2.45) is 7.05 Å². The summed E-state index contributed by atoms with van der Waals surface area (Å²) in [6.45, 7) is 1.09. The molecular formula is C19H20ClN3O3. The van der Waals surface area contributed by atoms with Crippen LogP contribution < -0.4 is 15.7 Å². The molecule has 0 aliphatic rings. The summed E-state index contributed by atoms with van der Waals surface area (Å²) < 4.78 is 8.74. The largest absolute Gasteiger partial charge is 0.492 e.